The van der Waals surface area contributed by atoms with Crippen LogP contribution in [0.25, 0.3) is 10.9 Å². The molecule has 114 valence electrons. The van der Waals surface area contributed by atoms with E-state index in [1.807, 2.05) is 6.20 Å². The number of benzene rings is 1. The summed E-state index contributed by atoms with van der Waals surface area (Å²) in [7, 11) is 0. The molecule has 2 unspecified atom stereocenters. The molecule has 0 spiro atoms. The molecule has 0 fully saturated rings. The molecule has 1 aromatic heterocycles. The minimum Gasteiger partial charge on any atom is -0.314 e. The van der Waals surface area contributed by atoms with E-state index in [-0.39, 0.29) is 0 Å². The van der Waals surface area contributed by atoms with Crippen LogP contribution in [0.5, 0.6) is 0 Å². The molecule has 1 aromatic carbocycles. The van der Waals surface area contributed by atoms with Crippen molar-refractivity contribution in [3.8, 4) is 0 Å². The van der Waals surface area contributed by atoms with Gasteiger partial charge in [-0.3, -0.25) is 4.98 Å². The molecule has 2 atom stereocenters. The first-order valence-electron chi connectivity index (χ1n) is 8.30. The second kappa shape index (κ2) is 8.14. The Kier molecular flexibility index (Phi) is 6.19. The summed E-state index contributed by atoms with van der Waals surface area (Å²) in [4.78, 5) is 4.47. The van der Waals surface area contributed by atoms with E-state index in [0.29, 0.717) is 6.04 Å². The average molecular weight is 284 g/mol. The Morgan fingerprint density at radius 3 is 2.71 bits per heavy atom. The first-order chi connectivity index (χ1) is 10.2. The van der Waals surface area contributed by atoms with Crippen molar-refractivity contribution in [3.05, 3.63) is 42.1 Å². The third-order valence-electron chi connectivity index (χ3n) is 4.27. The van der Waals surface area contributed by atoms with Crippen molar-refractivity contribution in [1.82, 2.24) is 10.3 Å². The maximum absolute atomic E-state index is 4.47. The summed E-state index contributed by atoms with van der Waals surface area (Å²) in [5, 5.41) is 5.03. The summed E-state index contributed by atoms with van der Waals surface area (Å²) in [5.41, 5.74) is 2.52. The van der Waals surface area contributed by atoms with Gasteiger partial charge in [0.25, 0.3) is 0 Å². The zero-order valence-corrected chi connectivity index (χ0v) is 13.6. The predicted octanol–water partition coefficient (Wildman–Crippen LogP) is 4.58. The molecule has 0 radical (unpaired) electrons. The van der Waals surface area contributed by atoms with Gasteiger partial charge in [-0.25, -0.2) is 0 Å². The van der Waals surface area contributed by atoms with E-state index in [0.717, 1.165) is 24.4 Å². The van der Waals surface area contributed by atoms with E-state index in [2.05, 4.69) is 61.4 Å². The maximum atomic E-state index is 4.47. The third-order valence-corrected chi connectivity index (χ3v) is 4.27. The van der Waals surface area contributed by atoms with Gasteiger partial charge in [0.05, 0.1) is 5.52 Å². The number of nitrogens with one attached hydrogen (secondary N) is 1. The summed E-state index contributed by atoms with van der Waals surface area (Å²) in [6.07, 6.45) is 6.72. The lowest BCUT2D eigenvalue weighted by molar-refractivity contribution is 0.392. The molecule has 2 nitrogen and oxygen atoms in total. The average Bonchev–Trinajstić information content (AvgIpc) is 2.52. The number of hydrogen-bond donors (Lipinski definition) is 1. The Morgan fingerprint density at radius 1 is 1.14 bits per heavy atom. The molecule has 2 rings (SSSR count). The number of fused-ring (bicyclic) bond motifs is 1. The van der Waals surface area contributed by atoms with Crippen LogP contribution in [0.2, 0.25) is 0 Å². The first-order valence-corrected chi connectivity index (χ1v) is 8.30. The minimum atomic E-state index is 0.561. The Labute approximate surface area is 129 Å². The van der Waals surface area contributed by atoms with Crippen LogP contribution < -0.4 is 5.32 Å². The molecule has 2 aromatic rings. The van der Waals surface area contributed by atoms with Gasteiger partial charge in [0, 0.05) is 17.6 Å². The Balaban J connectivity index is 2.17. The van der Waals surface area contributed by atoms with Crippen molar-refractivity contribution in [2.75, 3.05) is 6.54 Å². The molecule has 0 aliphatic rings. The molecule has 0 aliphatic carbocycles. The standard InChI is InChI=1S/C19H28N2/c1-4-11-20-17(13-15(3)5-2)14-16-10-12-21-19-9-7-6-8-18(16)19/h6-10,12,15,17,20H,4-5,11,13-14H2,1-3H3. The topological polar surface area (TPSA) is 24.9 Å². The second-order valence-corrected chi connectivity index (χ2v) is 6.09. The van der Waals surface area contributed by atoms with Crippen LogP contribution in [-0.2, 0) is 6.42 Å². The molecule has 1 N–H and O–H groups in total. The number of para-hydroxylation sites is 1. The van der Waals surface area contributed by atoms with Crippen molar-refractivity contribution >= 4 is 10.9 Å². The van der Waals surface area contributed by atoms with Gasteiger partial charge in [0.2, 0.25) is 0 Å². The number of rotatable bonds is 8. The largest absolute Gasteiger partial charge is 0.314 e. The van der Waals surface area contributed by atoms with Crippen LogP contribution in [0, 0.1) is 5.92 Å². The van der Waals surface area contributed by atoms with Crippen molar-refractivity contribution in [3.63, 3.8) is 0 Å². The SMILES string of the molecule is CCCNC(Cc1ccnc2ccccc12)CC(C)CC. The Bertz CT molecular complexity index is 545. The van der Waals surface area contributed by atoms with E-state index in [9.17, 15) is 0 Å². The van der Waals surface area contributed by atoms with Crippen molar-refractivity contribution in [1.29, 1.82) is 0 Å². The molecule has 0 saturated carbocycles. The molecular formula is C19H28N2. The highest BCUT2D eigenvalue weighted by Gasteiger charge is 2.14. The highest BCUT2D eigenvalue weighted by Crippen LogP contribution is 2.20. The van der Waals surface area contributed by atoms with E-state index >= 15 is 0 Å². The fourth-order valence-corrected chi connectivity index (χ4v) is 2.84. The van der Waals surface area contributed by atoms with E-state index in [1.165, 1.54) is 30.2 Å². The number of pyridine rings is 1. The van der Waals surface area contributed by atoms with Crippen LogP contribution in [0.3, 0.4) is 0 Å². The van der Waals surface area contributed by atoms with Gasteiger partial charge in [-0.2, -0.15) is 0 Å². The van der Waals surface area contributed by atoms with Crippen molar-refractivity contribution in [2.24, 2.45) is 5.92 Å². The molecular weight excluding hydrogens is 256 g/mol. The minimum absolute atomic E-state index is 0.561. The van der Waals surface area contributed by atoms with Crippen molar-refractivity contribution < 1.29 is 0 Å². The summed E-state index contributed by atoms with van der Waals surface area (Å²) >= 11 is 0. The van der Waals surface area contributed by atoms with E-state index in [1.54, 1.807) is 0 Å². The van der Waals surface area contributed by atoms with Gasteiger partial charge >= 0.3 is 0 Å². The Morgan fingerprint density at radius 2 is 1.95 bits per heavy atom. The van der Waals surface area contributed by atoms with Crippen LogP contribution in [0.15, 0.2) is 36.5 Å². The summed E-state index contributed by atoms with van der Waals surface area (Å²) in [5.74, 6) is 0.771. The quantitative estimate of drug-likeness (QED) is 0.767. The number of hydrogen-bond acceptors (Lipinski definition) is 2. The fourth-order valence-electron chi connectivity index (χ4n) is 2.84. The van der Waals surface area contributed by atoms with Crippen LogP contribution in [0.1, 0.15) is 45.6 Å². The second-order valence-electron chi connectivity index (χ2n) is 6.09. The summed E-state index contributed by atoms with van der Waals surface area (Å²) in [6, 6.07) is 11.2. The van der Waals surface area contributed by atoms with Gasteiger partial charge in [-0.05, 0) is 49.4 Å². The van der Waals surface area contributed by atoms with E-state index < -0.39 is 0 Å². The van der Waals surface area contributed by atoms with Gasteiger partial charge in [-0.15, -0.1) is 0 Å². The molecule has 0 saturated heterocycles. The summed E-state index contributed by atoms with van der Waals surface area (Å²) in [6.45, 7) is 7.97. The van der Waals surface area contributed by atoms with Crippen molar-refractivity contribution in [2.45, 2.75) is 52.5 Å². The maximum Gasteiger partial charge on any atom is 0.0704 e. The monoisotopic (exact) mass is 284 g/mol. The van der Waals surface area contributed by atoms with Gasteiger partial charge < -0.3 is 5.32 Å². The highest BCUT2D eigenvalue weighted by atomic mass is 14.9. The molecule has 2 heteroatoms. The highest BCUT2D eigenvalue weighted by molar-refractivity contribution is 5.81. The number of aromatic nitrogens is 1. The molecule has 21 heavy (non-hydrogen) atoms. The Hall–Kier alpha value is -1.41. The predicted molar refractivity (Wildman–Crippen MR) is 91.6 cm³/mol. The molecule has 0 amide bonds. The fraction of sp³-hybridized carbons (Fsp3) is 0.526. The third kappa shape index (κ3) is 4.53. The normalized spacial score (nSPS) is 14.2. The van der Waals surface area contributed by atoms with Gasteiger partial charge in [0.1, 0.15) is 0 Å². The molecule has 0 bridgehead atoms. The smallest absolute Gasteiger partial charge is 0.0704 e. The summed E-state index contributed by atoms with van der Waals surface area (Å²) < 4.78 is 0. The van der Waals surface area contributed by atoms with E-state index in [4.69, 9.17) is 0 Å². The van der Waals surface area contributed by atoms with Crippen LogP contribution in [-0.4, -0.2) is 17.6 Å². The first kappa shape index (κ1) is 16.0. The lowest BCUT2D eigenvalue weighted by atomic mass is 9.93. The zero-order chi connectivity index (χ0) is 15.1. The van der Waals surface area contributed by atoms with Gasteiger partial charge in [-0.1, -0.05) is 45.4 Å². The lowest BCUT2D eigenvalue weighted by Gasteiger charge is -2.22. The van der Waals surface area contributed by atoms with Gasteiger partial charge in [0.15, 0.2) is 0 Å². The van der Waals surface area contributed by atoms with Crippen LogP contribution in [0.4, 0.5) is 0 Å². The molecule has 0 aliphatic heterocycles. The molecule has 1 heterocycles. The zero-order valence-electron chi connectivity index (χ0n) is 13.6. The van der Waals surface area contributed by atoms with Crippen LogP contribution >= 0.6 is 0 Å². The number of nitrogens with zero attached hydrogens (tertiary/aromatic N) is 1. The lowest BCUT2D eigenvalue weighted by Crippen LogP contribution is -2.33.